The molecule has 0 aromatic rings. The minimum absolute atomic E-state index is 0. The number of primary amides is 1. The number of hydrogen-bond donors (Lipinski definition) is 2. The fourth-order valence-corrected chi connectivity index (χ4v) is 0.781. The van der Waals surface area contributed by atoms with Gasteiger partial charge in [-0.1, -0.05) is 0 Å². The second kappa shape index (κ2) is 7.78. The maximum atomic E-state index is 10.5. The molecule has 0 rings (SSSR count). The van der Waals surface area contributed by atoms with Crippen molar-refractivity contribution < 1.29 is 49.0 Å². The van der Waals surface area contributed by atoms with E-state index in [1.165, 1.54) is 6.92 Å². The molecule has 0 heterocycles. The topological polar surface area (TPSA) is 112 Å². The molecule has 0 aromatic heterocycles. The van der Waals surface area contributed by atoms with Gasteiger partial charge in [-0.2, -0.15) is 0 Å². The van der Waals surface area contributed by atoms with Crippen molar-refractivity contribution in [2.45, 2.75) is 25.8 Å². The molecule has 14 heavy (non-hydrogen) atoms. The van der Waals surface area contributed by atoms with Gasteiger partial charge in [0.15, 0.2) is 0 Å². The molecule has 0 radical (unpaired) electrons. The van der Waals surface area contributed by atoms with E-state index >= 15 is 0 Å². The van der Waals surface area contributed by atoms with E-state index in [4.69, 9.17) is 5.73 Å². The normalized spacial score (nSPS) is 10.9. The summed E-state index contributed by atoms with van der Waals surface area (Å²) < 4.78 is 0. The maximum Gasteiger partial charge on any atom is 1.00 e. The number of nitrogens with two attached hydrogens (primary N) is 1. The van der Waals surface area contributed by atoms with Crippen LogP contribution in [0.3, 0.4) is 0 Å². The summed E-state index contributed by atoms with van der Waals surface area (Å²) in [5.41, 5.74) is 4.81. The van der Waals surface area contributed by atoms with Crippen molar-refractivity contribution in [1.82, 2.24) is 5.32 Å². The summed E-state index contributed by atoms with van der Waals surface area (Å²) in [6, 6.07) is -1.15. The number of carbonyl (C=O) groups is 3. The SMILES string of the molecule is CC(=O)N[C@@H](CCC(N)=O)C(=O)[O-].[Na+]. The number of carbonyl (C=O) groups excluding carboxylic acids is 3. The van der Waals surface area contributed by atoms with Crippen LogP contribution in [0, 0.1) is 0 Å². The Labute approximate surface area is 104 Å². The van der Waals surface area contributed by atoms with Gasteiger partial charge >= 0.3 is 29.6 Å². The molecule has 0 aromatic carbocycles. The Balaban J connectivity index is 0. The van der Waals surface area contributed by atoms with E-state index in [2.05, 4.69) is 5.32 Å². The second-order valence-electron chi connectivity index (χ2n) is 2.58. The van der Waals surface area contributed by atoms with E-state index in [9.17, 15) is 19.5 Å². The first-order chi connectivity index (χ1) is 5.93. The fraction of sp³-hybridized carbons (Fsp3) is 0.571. The average Bonchev–Trinajstić information content (AvgIpc) is 1.96. The maximum absolute atomic E-state index is 10.5. The summed E-state index contributed by atoms with van der Waals surface area (Å²) in [7, 11) is 0. The van der Waals surface area contributed by atoms with Gasteiger partial charge in [-0.3, -0.25) is 9.59 Å². The summed E-state index contributed by atoms with van der Waals surface area (Å²) in [6.07, 6.45) is -0.143. The molecular formula is C7H11N2NaO4. The summed E-state index contributed by atoms with van der Waals surface area (Å²) in [5.74, 6) is -2.52. The monoisotopic (exact) mass is 210 g/mol. The minimum Gasteiger partial charge on any atom is -0.548 e. The quantitative estimate of drug-likeness (QED) is 0.441. The second-order valence-corrected chi connectivity index (χ2v) is 2.58. The predicted octanol–water partition coefficient (Wildman–Crippen LogP) is -5.49. The molecule has 2 amide bonds. The zero-order chi connectivity index (χ0) is 10.4. The first kappa shape index (κ1) is 15.9. The smallest absolute Gasteiger partial charge is 0.548 e. The molecule has 0 bridgehead atoms. The third kappa shape index (κ3) is 8.03. The van der Waals surface area contributed by atoms with Crippen LogP contribution in [-0.4, -0.2) is 23.8 Å². The molecule has 6 nitrogen and oxygen atoms in total. The summed E-state index contributed by atoms with van der Waals surface area (Å²) in [6.45, 7) is 1.18. The van der Waals surface area contributed by atoms with E-state index in [0.29, 0.717) is 0 Å². The molecule has 0 aliphatic carbocycles. The van der Waals surface area contributed by atoms with Crippen molar-refractivity contribution in [2.75, 3.05) is 0 Å². The molecule has 0 fully saturated rings. The van der Waals surface area contributed by atoms with Crippen molar-refractivity contribution in [2.24, 2.45) is 5.73 Å². The van der Waals surface area contributed by atoms with Crippen molar-refractivity contribution in [3.8, 4) is 0 Å². The van der Waals surface area contributed by atoms with Crippen LogP contribution in [0.2, 0.25) is 0 Å². The third-order valence-electron chi connectivity index (χ3n) is 1.34. The Bertz CT molecular complexity index is 232. The predicted molar refractivity (Wildman–Crippen MR) is 41.0 cm³/mol. The van der Waals surface area contributed by atoms with Gasteiger partial charge in [-0.05, 0) is 6.42 Å². The number of carboxylic acid groups (broad SMARTS) is 1. The molecular weight excluding hydrogens is 199 g/mol. The van der Waals surface area contributed by atoms with Gasteiger partial charge in [-0.15, -0.1) is 0 Å². The molecule has 0 unspecified atom stereocenters. The van der Waals surface area contributed by atoms with Gasteiger partial charge < -0.3 is 21.0 Å². The number of rotatable bonds is 5. The molecule has 1 atom stereocenters. The van der Waals surface area contributed by atoms with Crippen molar-refractivity contribution >= 4 is 17.8 Å². The summed E-state index contributed by atoms with van der Waals surface area (Å²) >= 11 is 0. The van der Waals surface area contributed by atoms with Crippen LogP contribution in [-0.2, 0) is 14.4 Å². The third-order valence-corrected chi connectivity index (χ3v) is 1.34. The first-order valence-corrected chi connectivity index (χ1v) is 3.69. The summed E-state index contributed by atoms with van der Waals surface area (Å²) in [5, 5.41) is 12.5. The Morgan fingerprint density at radius 3 is 2.21 bits per heavy atom. The van der Waals surface area contributed by atoms with E-state index < -0.39 is 23.8 Å². The number of hydrogen-bond acceptors (Lipinski definition) is 4. The van der Waals surface area contributed by atoms with E-state index in [0.717, 1.165) is 0 Å². The fourth-order valence-electron chi connectivity index (χ4n) is 0.781. The number of aliphatic carboxylic acids is 1. The largest absolute Gasteiger partial charge is 1.00 e. The minimum atomic E-state index is -1.42. The molecule has 0 spiro atoms. The van der Waals surface area contributed by atoms with Gasteiger partial charge in [0, 0.05) is 13.3 Å². The summed E-state index contributed by atoms with van der Waals surface area (Å²) in [4.78, 5) is 31.2. The Morgan fingerprint density at radius 1 is 1.43 bits per heavy atom. The van der Waals surface area contributed by atoms with E-state index in [-0.39, 0.29) is 42.4 Å². The molecule has 3 N–H and O–H groups in total. The molecule has 0 saturated heterocycles. The Hall–Kier alpha value is -0.590. The molecule has 0 aliphatic rings. The van der Waals surface area contributed by atoms with Gasteiger partial charge in [-0.25, -0.2) is 0 Å². The van der Waals surface area contributed by atoms with Crippen LogP contribution in [0.5, 0.6) is 0 Å². The van der Waals surface area contributed by atoms with Crippen LogP contribution in [0.1, 0.15) is 19.8 Å². The Morgan fingerprint density at radius 2 is 1.93 bits per heavy atom. The van der Waals surface area contributed by atoms with Gasteiger partial charge in [0.1, 0.15) is 0 Å². The number of carboxylic acids is 1. The van der Waals surface area contributed by atoms with Crippen LogP contribution >= 0.6 is 0 Å². The van der Waals surface area contributed by atoms with Crippen molar-refractivity contribution in [1.29, 1.82) is 0 Å². The van der Waals surface area contributed by atoms with Gasteiger partial charge in [0.05, 0.1) is 12.0 Å². The molecule has 74 valence electrons. The molecule has 0 saturated carbocycles. The van der Waals surface area contributed by atoms with E-state index in [1.54, 1.807) is 0 Å². The van der Waals surface area contributed by atoms with Crippen LogP contribution in [0.15, 0.2) is 0 Å². The van der Waals surface area contributed by atoms with Crippen LogP contribution < -0.4 is 45.7 Å². The standard InChI is InChI=1S/C7H12N2O4.Na/c1-4(10)9-5(7(12)13)2-3-6(8)11;/h5H,2-3H2,1H3,(H2,8,11)(H,9,10)(H,12,13);/q;+1/p-1/t5-;/m0./s1. The van der Waals surface area contributed by atoms with E-state index in [1.807, 2.05) is 0 Å². The first-order valence-electron chi connectivity index (χ1n) is 3.69. The number of amides is 2. The Kier molecular flexibility index (Phi) is 8.82. The number of nitrogens with one attached hydrogen (secondary N) is 1. The van der Waals surface area contributed by atoms with Crippen molar-refractivity contribution in [3.05, 3.63) is 0 Å². The molecule has 7 heteroatoms. The van der Waals surface area contributed by atoms with Crippen molar-refractivity contribution in [3.63, 3.8) is 0 Å². The zero-order valence-corrected chi connectivity index (χ0v) is 10.2. The van der Waals surface area contributed by atoms with Gasteiger partial charge in [0.2, 0.25) is 11.8 Å². The van der Waals surface area contributed by atoms with Crippen LogP contribution in [0.25, 0.3) is 0 Å². The van der Waals surface area contributed by atoms with Gasteiger partial charge in [0.25, 0.3) is 0 Å². The average molecular weight is 210 g/mol. The zero-order valence-electron chi connectivity index (χ0n) is 8.20. The molecule has 0 aliphatic heterocycles. The van der Waals surface area contributed by atoms with Crippen LogP contribution in [0.4, 0.5) is 0 Å².